The second-order valence-corrected chi connectivity index (χ2v) is 5.79. The fourth-order valence-electron chi connectivity index (χ4n) is 2.93. The first-order valence-electron chi connectivity index (χ1n) is 7.75. The summed E-state index contributed by atoms with van der Waals surface area (Å²) in [5.41, 5.74) is 0.713. The average molecular weight is 318 g/mol. The van der Waals surface area contributed by atoms with Crippen LogP contribution in [0.4, 0.5) is 10.6 Å². The van der Waals surface area contributed by atoms with Crippen molar-refractivity contribution in [1.82, 2.24) is 25.1 Å². The van der Waals surface area contributed by atoms with Gasteiger partial charge < -0.3 is 19.7 Å². The lowest BCUT2D eigenvalue weighted by Gasteiger charge is -2.18. The molecule has 0 aliphatic carbocycles. The SMILES string of the molecule is O=C(N[C@@H]1CCN(c2ccc3nncn3n2)C1)O[C@@H]1CCOC1. The molecule has 2 aromatic rings. The maximum Gasteiger partial charge on any atom is 0.407 e. The molecule has 0 saturated carbocycles. The van der Waals surface area contributed by atoms with Crippen LogP contribution in [-0.4, -0.2) is 64.4 Å². The normalized spacial score (nSPS) is 24.3. The summed E-state index contributed by atoms with van der Waals surface area (Å²) in [5.74, 6) is 0.846. The van der Waals surface area contributed by atoms with Gasteiger partial charge >= 0.3 is 6.09 Å². The highest BCUT2D eigenvalue weighted by atomic mass is 16.6. The second kappa shape index (κ2) is 5.99. The van der Waals surface area contributed by atoms with E-state index < -0.39 is 0 Å². The molecule has 0 spiro atoms. The number of carbonyl (C=O) groups excluding carboxylic acids is 1. The van der Waals surface area contributed by atoms with Crippen LogP contribution in [-0.2, 0) is 9.47 Å². The molecule has 23 heavy (non-hydrogen) atoms. The van der Waals surface area contributed by atoms with Crippen LogP contribution >= 0.6 is 0 Å². The first-order chi connectivity index (χ1) is 11.3. The molecule has 1 N–H and O–H groups in total. The van der Waals surface area contributed by atoms with Crippen molar-refractivity contribution < 1.29 is 14.3 Å². The largest absolute Gasteiger partial charge is 0.444 e. The topological polar surface area (TPSA) is 93.9 Å². The molecule has 2 saturated heterocycles. The van der Waals surface area contributed by atoms with Crippen molar-refractivity contribution in [2.45, 2.75) is 25.0 Å². The maximum atomic E-state index is 11.9. The summed E-state index contributed by atoms with van der Waals surface area (Å²) in [7, 11) is 0. The molecular weight excluding hydrogens is 300 g/mol. The van der Waals surface area contributed by atoms with E-state index in [0.717, 1.165) is 25.2 Å². The van der Waals surface area contributed by atoms with Gasteiger partial charge in [-0.1, -0.05) is 0 Å². The third kappa shape index (κ3) is 3.04. The van der Waals surface area contributed by atoms with E-state index in [0.29, 0.717) is 25.4 Å². The van der Waals surface area contributed by atoms with Gasteiger partial charge in [0, 0.05) is 19.5 Å². The molecule has 4 heterocycles. The molecule has 2 aliphatic rings. The van der Waals surface area contributed by atoms with Crippen LogP contribution in [0.2, 0.25) is 0 Å². The lowest BCUT2D eigenvalue weighted by atomic mass is 10.3. The number of fused-ring (bicyclic) bond motifs is 1. The summed E-state index contributed by atoms with van der Waals surface area (Å²) >= 11 is 0. The summed E-state index contributed by atoms with van der Waals surface area (Å²) in [4.78, 5) is 14.0. The monoisotopic (exact) mass is 318 g/mol. The fourth-order valence-corrected chi connectivity index (χ4v) is 2.93. The number of rotatable bonds is 3. The van der Waals surface area contributed by atoms with Crippen molar-refractivity contribution in [2.24, 2.45) is 0 Å². The molecule has 9 nitrogen and oxygen atoms in total. The van der Waals surface area contributed by atoms with Crippen LogP contribution in [0.5, 0.6) is 0 Å². The Morgan fingerprint density at radius 1 is 1.39 bits per heavy atom. The Balaban J connectivity index is 1.34. The Morgan fingerprint density at radius 3 is 3.22 bits per heavy atom. The van der Waals surface area contributed by atoms with Gasteiger partial charge in [0.25, 0.3) is 0 Å². The number of nitrogens with zero attached hydrogens (tertiary/aromatic N) is 5. The predicted octanol–water partition coefficient (Wildman–Crippen LogP) is 0.218. The van der Waals surface area contributed by atoms with Gasteiger partial charge in [0.2, 0.25) is 0 Å². The van der Waals surface area contributed by atoms with Gasteiger partial charge in [-0.2, -0.15) is 4.52 Å². The zero-order chi connectivity index (χ0) is 15.6. The van der Waals surface area contributed by atoms with Crippen molar-refractivity contribution >= 4 is 17.6 Å². The number of amides is 1. The zero-order valence-electron chi connectivity index (χ0n) is 12.6. The molecule has 2 fully saturated rings. The summed E-state index contributed by atoms with van der Waals surface area (Å²) in [5, 5.41) is 15.1. The standard InChI is InChI=1S/C14H18N6O3/c21-14(23-11-4-6-22-8-11)16-10-3-5-19(7-10)13-2-1-12-17-15-9-20(12)18-13/h1-2,9-11H,3-8H2,(H,16,21)/t10-,11-/m1/s1. The minimum Gasteiger partial charge on any atom is -0.444 e. The zero-order valence-corrected chi connectivity index (χ0v) is 12.6. The highest BCUT2D eigenvalue weighted by Gasteiger charge is 2.27. The molecule has 0 bridgehead atoms. The summed E-state index contributed by atoms with van der Waals surface area (Å²) < 4.78 is 12.2. The fraction of sp³-hybridized carbons (Fsp3) is 0.571. The van der Waals surface area contributed by atoms with Crippen LogP contribution in [0.25, 0.3) is 5.65 Å². The Hall–Kier alpha value is -2.42. The van der Waals surface area contributed by atoms with Crippen molar-refractivity contribution in [3.63, 3.8) is 0 Å². The number of nitrogens with one attached hydrogen (secondary N) is 1. The minimum absolute atomic E-state index is 0.0585. The average Bonchev–Trinajstić information content (AvgIpc) is 3.27. The van der Waals surface area contributed by atoms with Crippen molar-refractivity contribution in [3.8, 4) is 0 Å². The molecule has 0 unspecified atom stereocenters. The first kappa shape index (κ1) is 14.2. The van der Waals surface area contributed by atoms with Crippen molar-refractivity contribution in [1.29, 1.82) is 0 Å². The van der Waals surface area contributed by atoms with E-state index in [2.05, 4.69) is 25.5 Å². The van der Waals surface area contributed by atoms with Gasteiger partial charge in [-0.05, 0) is 18.6 Å². The van der Waals surface area contributed by atoms with Crippen LogP contribution in [0.15, 0.2) is 18.5 Å². The van der Waals surface area contributed by atoms with Crippen LogP contribution in [0.3, 0.4) is 0 Å². The number of carbonyl (C=O) groups is 1. The molecule has 9 heteroatoms. The Kier molecular flexibility index (Phi) is 3.70. The van der Waals surface area contributed by atoms with Crippen LogP contribution < -0.4 is 10.2 Å². The van der Waals surface area contributed by atoms with Gasteiger partial charge in [-0.25, -0.2) is 4.79 Å². The number of ether oxygens (including phenoxy) is 2. The smallest absolute Gasteiger partial charge is 0.407 e. The van der Waals surface area contributed by atoms with Crippen LogP contribution in [0.1, 0.15) is 12.8 Å². The van der Waals surface area contributed by atoms with E-state index in [9.17, 15) is 4.79 Å². The molecule has 1 amide bonds. The van der Waals surface area contributed by atoms with Crippen molar-refractivity contribution in [3.05, 3.63) is 18.5 Å². The Bertz CT molecular complexity index is 699. The first-order valence-corrected chi connectivity index (χ1v) is 7.75. The van der Waals surface area contributed by atoms with Gasteiger partial charge in [-0.15, -0.1) is 15.3 Å². The predicted molar refractivity (Wildman–Crippen MR) is 80.2 cm³/mol. The van der Waals surface area contributed by atoms with Crippen LogP contribution in [0, 0.1) is 0 Å². The van der Waals surface area contributed by atoms with E-state index >= 15 is 0 Å². The number of aromatic nitrogens is 4. The summed E-state index contributed by atoms with van der Waals surface area (Å²) in [6, 6.07) is 3.86. The molecule has 4 rings (SSSR count). The van der Waals surface area contributed by atoms with Gasteiger partial charge in [-0.3, -0.25) is 0 Å². The minimum atomic E-state index is -0.366. The number of hydrogen-bond donors (Lipinski definition) is 1. The second-order valence-electron chi connectivity index (χ2n) is 5.79. The van der Waals surface area contributed by atoms with E-state index in [1.165, 1.54) is 0 Å². The Labute approximate surface area is 132 Å². The number of hydrogen-bond acceptors (Lipinski definition) is 7. The lowest BCUT2D eigenvalue weighted by molar-refractivity contribution is 0.0813. The number of anilines is 1. The number of alkyl carbamates (subject to hydrolysis) is 1. The third-order valence-corrected chi connectivity index (χ3v) is 4.14. The summed E-state index contributed by atoms with van der Waals surface area (Å²) in [6.07, 6.45) is 2.72. The maximum absolute atomic E-state index is 11.9. The highest BCUT2D eigenvalue weighted by molar-refractivity contribution is 5.68. The van der Waals surface area contributed by atoms with E-state index in [1.54, 1.807) is 10.8 Å². The third-order valence-electron chi connectivity index (χ3n) is 4.14. The molecule has 2 aliphatic heterocycles. The van der Waals surface area contributed by atoms with E-state index in [-0.39, 0.29) is 18.2 Å². The molecule has 0 radical (unpaired) electrons. The molecule has 2 atom stereocenters. The van der Waals surface area contributed by atoms with Gasteiger partial charge in [0.1, 0.15) is 18.2 Å². The Morgan fingerprint density at radius 2 is 2.35 bits per heavy atom. The van der Waals surface area contributed by atoms with E-state index in [4.69, 9.17) is 9.47 Å². The molecule has 2 aromatic heterocycles. The van der Waals surface area contributed by atoms with Gasteiger partial charge in [0.05, 0.1) is 19.3 Å². The molecular formula is C14H18N6O3. The quantitative estimate of drug-likeness (QED) is 0.865. The van der Waals surface area contributed by atoms with Crippen molar-refractivity contribution in [2.75, 3.05) is 31.2 Å². The molecule has 0 aromatic carbocycles. The summed E-state index contributed by atoms with van der Waals surface area (Å²) in [6.45, 7) is 2.69. The lowest BCUT2D eigenvalue weighted by Crippen LogP contribution is -2.39. The highest BCUT2D eigenvalue weighted by Crippen LogP contribution is 2.18. The van der Waals surface area contributed by atoms with E-state index in [1.807, 2.05) is 12.1 Å². The molecule has 122 valence electrons. The van der Waals surface area contributed by atoms with Gasteiger partial charge in [0.15, 0.2) is 5.65 Å².